The molecule has 0 bridgehead atoms. The number of allylic oxidation sites excluding steroid dienone is 1. The molecule has 33 heavy (non-hydrogen) atoms. The number of carbonyl (C=O) groups excluding carboxylic acids is 2. The number of hydrogen-bond acceptors (Lipinski definition) is 9. The fourth-order valence-corrected chi connectivity index (χ4v) is 3.85. The second kappa shape index (κ2) is 8.95. The van der Waals surface area contributed by atoms with Gasteiger partial charge in [0.2, 0.25) is 0 Å². The van der Waals surface area contributed by atoms with E-state index in [4.69, 9.17) is 14.5 Å². The first kappa shape index (κ1) is 21.8. The second-order valence-corrected chi connectivity index (χ2v) is 7.27. The zero-order chi connectivity index (χ0) is 23.5. The van der Waals surface area contributed by atoms with E-state index < -0.39 is 16.8 Å². The summed E-state index contributed by atoms with van der Waals surface area (Å²) in [6, 6.07) is 11.1. The molecule has 1 atom stereocenters. The van der Waals surface area contributed by atoms with Gasteiger partial charge in [-0.2, -0.15) is 0 Å². The van der Waals surface area contributed by atoms with Crippen molar-refractivity contribution in [1.29, 1.82) is 0 Å². The quantitative estimate of drug-likeness (QED) is 0.296. The predicted molar refractivity (Wildman–Crippen MR) is 120 cm³/mol. The summed E-state index contributed by atoms with van der Waals surface area (Å²) in [5.74, 6) is -0.379. The van der Waals surface area contributed by atoms with Crippen LogP contribution in [0.4, 0.5) is 17.1 Å². The highest BCUT2D eigenvalue weighted by Gasteiger charge is 2.37. The number of carbonyl (C=O) groups is 2. The lowest BCUT2D eigenvalue weighted by Gasteiger charge is -2.30. The molecule has 10 nitrogen and oxygen atoms in total. The number of nitro benzene ring substituents is 1. The minimum atomic E-state index is -0.670. The summed E-state index contributed by atoms with van der Waals surface area (Å²) in [7, 11) is 0. The van der Waals surface area contributed by atoms with E-state index in [1.165, 1.54) is 12.1 Å². The number of ether oxygens (including phenoxy) is 2. The highest BCUT2D eigenvalue weighted by atomic mass is 16.6. The third-order valence-corrected chi connectivity index (χ3v) is 5.26. The summed E-state index contributed by atoms with van der Waals surface area (Å²) in [4.78, 5) is 39.2. The van der Waals surface area contributed by atoms with E-state index in [2.05, 4.69) is 10.6 Å². The van der Waals surface area contributed by atoms with Gasteiger partial charge in [-0.1, -0.05) is 12.1 Å². The van der Waals surface area contributed by atoms with E-state index in [1.54, 1.807) is 50.4 Å². The molecule has 2 aliphatic heterocycles. The number of anilines is 1. The summed E-state index contributed by atoms with van der Waals surface area (Å²) in [5, 5.41) is 17.7. The fraction of sp³-hybridized carbons (Fsp3) is 0.174. The Morgan fingerprint density at radius 1 is 1.27 bits per heavy atom. The molecule has 2 aromatic rings. The van der Waals surface area contributed by atoms with Crippen LogP contribution < -0.4 is 15.4 Å². The van der Waals surface area contributed by atoms with E-state index in [-0.39, 0.29) is 12.3 Å². The second-order valence-electron chi connectivity index (χ2n) is 7.27. The Balaban J connectivity index is 1.88. The Kier molecular flexibility index (Phi) is 5.90. The van der Waals surface area contributed by atoms with Crippen molar-refractivity contribution >= 4 is 35.3 Å². The molecule has 0 fully saturated rings. The Bertz CT molecular complexity index is 1250. The molecule has 168 valence electrons. The van der Waals surface area contributed by atoms with Crippen LogP contribution in [0.15, 0.2) is 70.5 Å². The number of esters is 1. The van der Waals surface area contributed by atoms with Crippen LogP contribution in [0.2, 0.25) is 0 Å². The molecule has 10 heteroatoms. The molecular formula is C23H20N4O6. The number of rotatable bonds is 6. The van der Waals surface area contributed by atoms with Crippen LogP contribution in [0.25, 0.3) is 0 Å². The number of non-ortho nitro benzene ring substituents is 1. The van der Waals surface area contributed by atoms with Gasteiger partial charge >= 0.3 is 5.97 Å². The van der Waals surface area contributed by atoms with Gasteiger partial charge in [0.15, 0.2) is 0 Å². The number of hydrogen-bond donors (Lipinski definition) is 2. The third kappa shape index (κ3) is 4.18. The normalized spacial score (nSPS) is 16.6. The lowest BCUT2D eigenvalue weighted by molar-refractivity contribution is -0.384. The number of nitrogens with zero attached hydrogens (tertiary/aromatic N) is 2. The molecule has 0 aromatic heterocycles. The summed E-state index contributed by atoms with van der Waals surface area (Å²) in [6.45, 7) is 3.96. The van der Waals surface area contributed by atoms with Gasteiger partial charge in [-0.05, 0) is 31.5 Å². The summed E-state index contributed by atoms with van der Waals surface area (Å²) in [5.41, 5.74) is 3.07. The van der Waals surface area contributed by atoms with Gasteiger partial charge in [0.25, 0.3) is 12.2 Å². The summed E-state index contributed by atoms with van der Waals surface area (Å²) in [6.07, 6.45) is 1.68. The van der Waals surface area contributed by atoms with Crippen molar-refractivity contribution in [2.75, 3.05) is 11.9 Å². The van der Waals surface area contributed by atoms with E-state index in [0.717, 1.165) is 0 Å². The minimum absolute atomic E-state index is 0.0912. The lowest BCUT2D eigenvalue weighted by atomic mass is 9.80. The molecule has 0 saturated carbocycles. The average Bonchev–Trinajstić information content (AvgIpc) is 2.97. The van der Waals surface area contributed by atoms with Gasteiger partial charge in [-0.25, -0.2) is 9.79 Å². The van der Waals surface area contributed by atoms with Crippen molar-refractivity contribution in [3.05, 3.63) is 81.2 Å². The molecule has 0 saturated heterocycles. The molecule has 2 aliphatic rings. The van der Waals surface area contributed by atoms with Crippen LogP contribution >= 0.6 is 0 Å². The van der Waals surface area contributed by atoms with E-state index in [0.29, 0.717) is 51.8 Å². The molecule has 2 N–H and O–H groups in total. The highest BCUT2D eigenvalue weighted by Crippen LogP contribution is 2.41. The first-order valence-corrected chi connectivity index (χ1v) is 10.1. The number of nitro groups is 1. The van der Waals surface area contributed by atoms with Crippen LogP contribution in [0.5, 0.6) is 5.75 Å². The summed E-state index contributed by atoms with van der Waals surface area (Å²) < 4.78 is 10.2. The maximum atomic E-state index is 12.9. The van der Waals surface area contributed by atoms with Crippen LogP contribution in [-0.4, -0.2) is 29.8 Å². The van der Waals surface area contributed by atoms with Gasteiger partial charge in [0, 0.05) is 41.6 Å². The minimum Gasteiger partial charge on any atom is -0.463 e. The molecule has 0 spiro atoms. The Morgan fingerprint density at radius 2 is 2.09 bits per heavy atom. The number of benzene rings is 2. The van der Waals surface area contributed by atoms with Crippen molar-refractivity contribution < 1.29 is 24.0 Å². The van der Waals surface area contributed by atoms with E-state index in [9.17, 15) is 19.7 Å². The molecule has 4 rings (SSSR count). The smallest absolute Gasteiger partial charge is 0.336 e. The first-order chi connectivity index (χ1) is 15.9. The molecule has 0 aliphatic carbocycles. The fourth-order valence-electron chi connectivity index (χ4n) is 3.85. The SMILES string of the molecule is CCOC(=O)C1=C(C)NC2=Nc3ccc(OC=O)cc3NC=C2[C@@H]1c1cccc([N+](=O)[O-])c1. The van der Waals surface area contributed by atoms with Gasteiger partial charge in [-0.3, -0.25) is 14.9 Å². The van der Waals surface area contributed by atoms with Gasteiger partial charge < -0.3 is 20.1 Å². The lowest BCUT2D eigenvalue weighted by Crippen LogP contribution is -2.36. The maximum absolute atomic E-state index is 12.9. The zero-order valence-electron chi connectivity index (χ0n) is 17.8. The largest absolute Gasteiger partial charge is 0.463 e. The van der Waals surface area contributed by atoms with E-state index in [1.807, 2.05) is 0 Å². The van der Waals surface area contributed by atoms with Crippen molar-refractivity contribution in [1.82, 2.24) is 5.32 Å². The standard InChI is InChI=1S/C23H20N4O6/c1-3-32-23(29)20-13(2)25-22-17(21(20)14-5-4-6-15(9-14)27(30)31)11-24-19-10-16(33-12-28)7-8-18(19)26-22/h4-12,21,24H,3H2,1-2H3,(H,25,26)/t21-/m0/s1. The molecular weight excluding hydrogens is 428 g/mol. The highest BCUT2D eigenvalue weighted by molar-refractivity contribution is 6.09. The Hall–Kier alpha value is -4.47. The zero-order valence-corrected chi connectivity index (χ0v) is 17.8. The number of fused-ring (bicyclic) bond motifs is 2. The topological polar surface area (TPSA) is 132 Å². The monoisotopic (exact) mass is 448 g/mol. The van der Waals surface area contributed by atoms with Gasteiger partial charge in [-0.15, -0.1) is 0 Å². The number of aliphatic imine (C=N–C) groups is 1. The van der Waals surface area contributed by atoms with Crippen LogP contribution in [-0.2, 0) is 14.3 Å². The Labute approximate surface area is 188 Å². The first-order valence-electron chi connectivity index (χ1n) is 10.1. The molecule has 0 amide bonds. The molecule has 0 radical (unpaired) electrons. The number of nitrogens with one attached hydrogen (secondary N) is 2. The van der Waals surface area contributed by atoms with Gasteiger partial charge in [0.05, 0.1) is 28.5 Å². The molecule has 2 aromatic carbocycles. The van der Waals surface area contributed by atoms with Crippen LogP contribution in [0.1, 0.15) is 25.3 Å². The van der Waals surface area contributed by atoms with Crippen molar-refractivity contribution in [2.45, 2.75) is 19.8 Å². The van der Waals surface area contributed by atoms with Gasteiger partial charge in [0.1, 0.15) is 11.6 Å². The Morgan fingerprint density at radius 3 is 2.82 bits per heavy atom. The van der Waals surface area contributed by atoms with Crippen molar-refractivity contribution in [3.8, 4) is 5.75 Å². The number of amidine groups is 1. The molecule has 0 unspecified atom stereocenters. The van der Waals surface area contributed by atoms with Crippen LogP contribution in [0.3, 0.4) is 0 Å². The van der Waals surface area contributed by atoms with Crippen molar-refractivity contribution in [2.24, 2.45) is 4.99 Å². The van der Waals surface area contributed by atoms with Crippen LogP contribution in [0, 0.1) is 10.1 Å². The van der Waals surface area contributed by atoms with Crippen molar-refractivity contribution in [3.63, 3.8) is 0 Å². The molecule has 2 heterocycles. The average molecular weight is 448 g/mol. The summed E-state index contributed by atoms with van der Waals surface area (Å²) >= 11 is 0. The predicted octanol–water partition coefficient (Wildman–Crippen LogP) is 3.69. The van der Waals surface area contributed by atoms with E-state index >= 15 is 0 Å². The maximum Gasteiger partial charge on any atom is 0.336 e. The third-order valence-electron chi connectivity index (χ3n) is 5.26.